The molecule has 94 valence electrons. The van der Waals surface area contributed by atoms with E-state index in [1.54, 1.807) is 6.20 Å². The lowest BCUT2D eigenvalue weighted by Gasteiger charge is -2.24. The van der Waals surface area contributed by atoms with E-state index < -0.39 is 0 Å². The Labute approximate surface area is 115 Å². The Bertz CT molecular complexity index is 538. The van der Waals surface area contributed by atoms with Crippen LogP contribution in [-0.4, -0.2) is 18.3 Å². The number of halogens is 1. The second kappa shape index (κ2) is 5.50. The standard InChI is InChI=1S/C13H13ClN2OS/c1-9(10-3-5-11(14)6-4-10)16(2)13-15-7-12(8-17)18-13/h3-9H,1-2H3. The molecule has 1 aromatic heterocycles. The van der Waals surface area contributed by atoms with Crippen LogP contribution in [0.25, 0.3) is 0 Å². The third-order valence-electron chi connectivity index (χ3n) is 2.86. The fourth-order valence-electron chi connectivity index (χ4n) is 1.63. The first-order valence-corrected chi connectivity index (χ1v) is 6.70. The maximum atomic E-state index is 10.7. The summed E-state index contributed by atoms with van der Waals surface area (Å²) in [5.41, 5.74) is 1.16. The van der Waals surface area contributed by atoms with Crippen LogP contribution in [0, 0.1) is 0 Å². The Morgan fingerprint density at radius 2 is 2.06 bits per heavy atom. The van der Waals surface area contributed by atoms with Gasteiger partial charge in [-0.3, -0.25) is 4.79 Å². The van der Waals surface area contributed by atoms with Gasteiger partial charge in [-0.25, -0.2) is 4.98 Å². The van der Waals surface area contributed by atoms with Crippen LogP contribution in [0.2, 0.25) is 5.02 Å². The van der Waals surface area contributed by atoms with Crippen LogP contribution in [-0.2, 0) is 0 Å². The van der Waals surface area contributed by atoms with Crippen LogP contribution < -0.4 is 4.90 Å². The molecule has 0 aliphatic heterocycles. The first-order chi connectivity index (χ1) is 8.61. The quantitative estimate of drug-likeness (QED) is 0.799. The zero-order valence-electron chi connectivity index (χ0n) is 10.1. The van der Waals surface area contributed by atoms with E-state index in [1.807, 2.05) is 36.2 Å². The SMILES string of the molecule is CC(c1ccc(Cl)cc1)N(C)c1ncc(C=O)s1. The molecule has 0 aliphatic carbocycles. The maximum absolute atomic E-state index is 10.7. The van der Waals surface area contributed by atoms with Crippen LogP contribution in [0.1, 0.15) is 28.2 Å². The summed E-state index contributed by atoms with van der Waals surface area (Å²) < 4.78 is 0. The zero-order chi connectivity index (χ0) is 13.1. The van der Waals surface area contributed by atoms with Crippen LogP contribution >= 0.6 is 22.9 Å². The van der Waals surface area contributed by atoms with E-state index in [4.69, 9.17) is 11.6 Å². The van der Waals surface area contributed by atoms with Crippen molar-refractivity contribution < 1.29 is 4.79 Å². The summed E-state index contributed by atoms with van der Waals surface area (Å²) in [7, 11) is 1.96. The molecule has 0 N–H and O–H groups in total. The van der Waals surface area contributed by atoms with Crippen molar-refractivity contribution in [3.63, 3.8) is 0 Å². The highest BCUT2D eigenvalue weighted by atomic mass is 35.5. The summed E-state index contributed by atoms with van der Waals surface area (Å²) in [5, 5.41) is 1.56. The number of nitrogens with zero attached hydrogens (tertiary/aromatic N) is 2. The second-order valence-corrected chi connectivity index (χ2v) is 5.48. The normalized spacial score (nSPS) is 12.2. The van der Waals surface area contributed by atoms with Crippen molar-refractivity contribution in [2.75, 3.05) is 11.9 Å². The van der Waals surface area contributed by atoms with Crippen molar-refractivity contribution in [2.24, 2.45) is 0 Å². The van der Waals surface area contributed by atoms with E-state index in [0.717, 1.165) is 22.0 Å². The molecule has 18 heavy (non-hydrogen) atoms. The minimum absolute atomic E-state index is 0.174. The summed E-state index contributed by atoms with van der Waals surface area (Å²) in [5.74, 6) is 0. The van der Waals surface area contributed by atoms with E-state index in [1.165, 1.54) is 11.3 Å². The van der Waals surface area contributed by atoms with E-state index in [9.17, 15) is 4.79 Å². The number of aldehydes is 1. The zero-order valence-corrected chi connectivity index (χ0v) is 11.7. The smallest absolute Gasteiger partial charge is 0.186 e. The highest BCUT2D eigenvalue weighted by Crippen LogP contribution is 2.28. The molecule has 2 rings (SSSR count). The Kier molecular flexibility index (Phi) is 3.99. The second-order valence-electron chi connectivity index (χ2n) is 4.00. The molecule has 3 nitrogen and oxygen atoms in total. The molecule has 1 aromatic carbocycles. The topological polar surface area (TPSA) is 33.2 Å². The van der Waals surface area contributed by atoms with Crippen LogP contribution in [0.4, 0.5) is 5.13 Å². The van der Waals surface area contributed by atoms with Crippen LogP contribution in [0.3, 0.4) is 0 Å². The van der Waals surface area contributed by atoms with E-state index in [0.29, 0.717) is 4.88 Å². The first-order valence-electron chi connectivity index (χ1n) is 5.51. The number of anilines is 1. The average Bonchev–Trinajstić information content (AvgIpc) is 2.86. The molecular formula is C13H13ClN2OS. The molecule has 0 saturated heterocycles. The Hall–Kier alpha value is -1.39. The molecule has 0 aliphatic rings. The fraction of sp³-hybridized carbons (Fsp3) is 0.231. The van der Waals surface area contributed by atoms with Crippen LogP contribution in [0.5, 0.6) is 0 Å². The molecular weight excluding hydrogens is 268 g/mol. The molecule has 5 heteroatoms. The third kappa shape index (κ3) is 2.71. The molecule has 1 heterocycles. The Morgan fingerprint density at radius 3 is 2.61 bits per heavy atom. The van der Waals surface area contributed by atoms with Gasteiger partial charge >= 0.3 is 0 Å². The number of carbonyl (C=O) groups excluding carboxylic acids is 1. The Morgan fingerprint density at radius 1 is 1.39 bits per heavy atom. The summed E-state index contributed by atoms with van der Waals surface area (Å²) in [6.07, 6.45) is 2.42. The van der Waals surface area contributed by atoms with Gasteiger partial charge in [0.2, 0.25) is 0 Å². The number of benzene rings is 1. The van der Waals surface area contributed by atoms with Gasteiger partial charge in [0.25, 0.3) is 0 Å². The number of aromatic nitrogens is 1. The molecule has 0 amide bonds. The molecule has 2 aromatic rings. The Balaban J connectivity index is 2.19. The predicted octanol–water partition coefficient (Wildman–Crippen LogP) is 3.81. The van der Waals surface area contributed by atoms with E-state index in [-0.39, 0.29) is 6.04 Å². The summed E-state index contributed by atoms with van der Waals surface area (Å²) in [4.78, 5) is 17.6. The molecule has 1 unspecified atom stereocenters. The lowest BCUT2D eigenvalue weighted by molar-refractivity contribution is 0.112. The predicted molar refractivity (Wildman–Crippen MR) is 75.8 cm³/mol. The lowest BCUT2D eigenvalue weighted by atomic mass is 10.1. The van der Waals surface area contributed by atoms with Crippen molar-refractivity contribution >= 4 is 34.4 Å². The minimum Gasteiger partial charge on any atom is -0.344 e. The molecule has 1 atom stereocenters. The average molecular weight is 281 g/mol. The van der Waals surface area contributed by atoms with Crippen molar-refractivity contribution in [2.45, 2.75) is 13.0 Å². The number of hydrogen-bond acceptors (Lipinski definition) is 4. The van der Waals surface area contributed by atoms with Gasteiger partial charge in [-0.15, -0.1) is 0 Å². The molecule has 0 radical (unpaired) electrons. The molecule has 0 fully saturated rings. The highest BCUT2D eigenvalue weighted by Gasteiger charge is 2.15. The van der Waals surface area contributed by atoms with Crippen LogP contribution in [0.15, 0.2) is 30.5 Å². The van der Waals surface area contributed by atoms with Crippen molar-refractivity contribution in [3.8, 4) is 0 Å². The molecule has 0 bridgehead atoms. The van der Waals surface area contributed by atoms with Gasteiger partial charge in [0, 0.05) is 12.1 Å². The van der Waals surface area contributed by atoms with E-state index in [2.05, 4.69) is 11.9 Å². The number of thiazole rings is 1. The van der Waals surface area contributed by atoms with Gasteiger partial charge in [0.1, 0.15) is 0 Å². The van der Waals surface area contributed by atoms with Gasteiger partial charge in [-0.05, 0) is 24.6 Å². The maximum Gasteiger partial charge on any atom is 0.186 e. The summed E-state index contributed by atoms with van der Waals surface area (Å²) in [6.45, 7) is 2.09. The van der Waals surface area contributed by atoms with Gasteiger partial charge < -0.3 is 4.90 Å². The van der Waals surface area contributed by atoms with Crippen molar-refractivity contribution in [3.05, 3.63) is 45.9 Å². The van der Waals surface area contributed by atoms with Gasteiger partial charge in [0.15, 0.2) is 11.4 Å². The highest BCUT2D eigenvalue weighted by molar-refractivity contribution is 7.17. The van der Waals surface area contributed by atoms with Gasteiger partial charge in [-0.1, -0.05) is 35.1 Å². The lowest BCUT2D eigenvalue weighted by Crippen LogP contribution is -2.21. The van der Waals surface area contributed by atoms with E-state index >= 15 is 0 Å². The summed E-state index contributed by atoms with van der Waals surface area (Å²) in [6, 6.07) is 7.92. The monoisotopic (exact) mass is 280 g/mol. The molecule has 0 spiro atoms. The minimum atomic E-state index is 0.174. The number of hydrogen-bond donors (Lipinski definition) is 0. The van der Waals surface area contributed by atoms with Gasteiger partial charge in [-0.2, -0.15) is 0 Å². The van der Waals surface area contributed by atoms with Crippen molar-refractivity contribution in [1.82, 2.24) is 4.98 Å². The number of carbonyl (C=O) groups is 1. The number of rotatable bonds is 4. The summed E-state index contributed by atoms with van der Waals surface area (Å²) >= 11 is 7.26. The third-order valence-corrected chi connectivity index (χ3v) is 4.13. The largest absolute Gasteiger partial charge is 0.344 e. The fourth-order valence-corrected chi connectivity index (χ4v) is 2.52. The van der Waals surface area contributed by atoms with Crippen molar-refractivity contribution in [1.29, 1.82) is 0 Å². The van der Waals surface area contributed by atoms with Gasteiger partial charge in [0.05, 0.1) is 17.1 Å². The first kappa shape index (κ1) is 13.1. The molecule has 0 saturated carbocycles.